The number of hydrogen-bond acceptors (Lipinski definition) is 6. The number of alkyl carbamates (subject to hydrolysis) is 1. The van der Waals surface area contributed by atoms with Crippen LogP contribution in [0.15, 0.2) is 30.3 Å². The van der Waals surface area contributed by atoms with E-state index in [4.69, 9.17) is 9.84 Å². The molecule has 1 aromatic rings. The molecule has 1 unspecified atom stereocenters. The summed E-state index contributed by atoms with van der Waals surface area (Å²) in [5, 5.41) is 21.3. The van der Waals surface area contributed by atoms with E-state index in [9.17, 15) is 19.5 Å². The van der Waals surface area contributed by atoms with Gasteiger partial charge in [-0.05, 0) is 39.7 Å². The van der Waals surface area contributed by atoms with Gasteiger partial charge < -0.3 is 19.7 Å². The van der Waals surface area contributed by atoms with Gasteiger partial charge in [0.15, 0.2) is 0 Å². The number of unbranched alkanes of at least 4 members (excludes halogenated alkanes) is 3. The van der Waals surface area contributed by atoms with Gasteiger partial charge in [-0.2, -0.15) is 0 Å². The third kappa shape index (κ3) is 19.8. The zero-order valence-electron chi connectivity index (χ0n) is 21.3. The summed E-state index contributed by atoms with van der Waals surface area (Å²) in [7, 11) is 0. The largest absolute Gasteiger partial charge is 0.478 e. The molecule has 1 amide bonds. The lowest BCUT2D eigenvalue weighted by molar-refractivity contribution is -0.162. The first kappa shape index (κ1) is 32.6. The van der Waals surface area contributed by atoms with Crippen LogP contribution in [0, 0.1) is 0 Å². The Hall–Kier alpha value is -2.61. The van der Waals surface area contributed by atoms with Crippen LogP contribution in [0.3, 0.4) is 0 Å². The molecule has 0 aliphatic rings. The number of hydrogen-bond donors (Lipinski definition) is 3. The molecule has 0 spiro atoms. The van der Waals surface area contributed by atoms with Crippen LogP contribution in [-0.2, 0) is 25.5 Å². The molecule has 3 N–H and O–H groups in total. The third-order valence-electron chi connectivity index (χ3n) is 3.98. The van der Waals surface area contributed by atoms with E-state index in [1.807, 2.05) is 35.6 Å². The molecule has 190 valence electrons. The third-order valence-corrected chi connectivity index (χ3v) is 3.98. The van der Waals surface area contributed by atoms with Crippen LogP contribution in [0.25, 0.3) is 0 Å². The monoisotopic (exact) mass is 469 g/mol. The first-order valence-electron chi connectivity index (χ1n) is 11.4. The summed E-state index contributed by atoms with van der Waals surface area (Å²) < 4.78 is 9.37. The number of rotatable bonds is 9. The highest BCUT2D eigenvalue weighted by Crippen LogP contribution is 2.14. The van der Waals surface area contributed by atoms with E-state index in [1.54, 1.807) is 27.7 Å². The molecule has 0 heterocycles. The second kappa shape index (κ2) is 17.9. The predicted molar refractivity (Wildman–Crippen MR) is 129 cm³/mol. The zero-order valence-corrected chi connectivity index (χ0v) is 21.3. The molecule has 8 heteroatoms. The molecule has 0 saturated carbocycles. The number of ether oxygens (including phenoxy) is 2. The molecule has 0 aromatic heterocycles. The van der Waals surface area contributed by atoms with Crippen molar-refractivity contribution in [2.45, 2.75) is 98.3 Å². The summed E-state index contributed by atoms with van der Waals surface area (Å²) in [5.41, 5.74) is -2.27. The Labute approximate surface area is 198 Å². The average molecular weight is 470 g/mol. The number of aryl methyl sites for hydroxylation is 1. The van der Waals surface area contributed by atoms with E-state index in [-0.39, 0.29) is 12.4 Å². The van der Waals surface area contributed by atoms with Crippen LogP contribution in [0.4, 0.5) is 4.79 Å². The maximum atomic E-state index is 11.6. The average Bonchev–Trinajstić information content (AvgIpc) is 2.71. The molecule has 1 rings (SSSR count). The van der Waals surface area contributed by atoms with Crippen LogP contribution in [0.2, 0.25) is 0 Å². The summed E-state index contributed by atoms with van der Waals surface area (Å²) in [6.07, 6.45) is 4.71. The van der Waals surface area contributed by atoms with Gasteiger partial charge in [-0.25, -0.2) is 9.59 Å². The van der Waals surface area contributed by atoms with Crippen molar-refractivity contribution >= 4 is 18.0 Å². The fourth-order valence-electron chi connectivity index (χ4n) is 2.37. The number of carboxylic acids is 1. The fraction of sp³-hybridized carbons (Fsp3) is 0.640. The normalized spacial score (nSPS) is 12.0. The molecular weight excluding hydrogens is 426 g/mol. The lowest BCUT2D eigenvalue weighted by atomic mass is 10.0. The smallest absolute Gasteiger partial charge is 0.410 e. The quantitative estimate of drug-likeness (QED) is 0.262. The van der Waals surface area contributed by atoms with Gasteiger partial charge in [-0.1, -0.05) is 69.9 Å². The van der Waals surface area contributed by atoms with Gasteiger partial charge in [0.05, 0.1) is 6.61 Å². The van der Waals surface area contributed by atoms with Crippen LogP contribution >= 0.6 is 0 Å². The summed E-state index contributed by atoms with van der Waals surface area (Å²) in [6.45, 7) is 13.1. The highest BCUT2D eigenvalue weighted by molar-refractivity contribution is 5.82. The molecule has 0 saturated heterocycles. The van der Waals surface area contributed by atoms with Crippen molar-refractivity contribution in [2.75, 3.05) is 6.61 Å². The SMILES string of the molecule is CC(C)(C)OC(=O)NC(O)(CCc1ccccc1)C(=O)O.CCCCCC.CCOC(C)=O. The molecule has 0 aliphatic heterocycles. The predicted octanol–water partition coefficient (Wildman–Crippen LogP) is 5.07. The molecule has 0 aliphatic carbocycles. The number of benzene rings is 1. The minimum atomic E-state index is -2.36. The first-order chi connectivity index (χ1) is 15.3. The molecule has 0 bridgehead atoms. The van der Waals surface area contributed by atoms with Gasteiger partial charge in [0.25, 0.3) is 0 Å². The first-order valence-corrected chi connectivity index (χ1v) is 11.4. The Morgan fingerprint density at radius 3 is 1.82 bits per heavy atom. The van der Waals surface area contributed by atoms with Gasteiger partial charge in [-0.15, -0.1) is 0 Å². The summed E-state index contributed by atoms with van der Waals surface area (Å²) in [6, 6.07) is 9.10. The number of carbonyl (C=O) groups is 3. The summed E-state index contributed by atoms with van der Waals surface area (Å²) in [4.78, 5) is 32.7. The lowest BCUT2D eigenvalue weighted by Crippen LogP contribution is -2.55. The van der Waals surface area contributed by atoms with Crippen LogP contribution in [0.5, 0.6) is 0 Å². The van der Waals surface area contributed by atoms with E-state index in [0.717, 1.165) is 5.56 Å². The van der Waals surface area contributed by atoms with Crippen molar-refractivity contribution < 1.29 is 34.1 Å². The molecular formula is C25H43NO7. The van der Waals surface area contributed by atoms with Gasteiger partial charge in [-0.3, -0.25) is 10.1 Å². The second-order valence-corrected chi connectivity index (χ2v) is 8.41. The van der Waals surface area contributed by atoms with E-state index in [1.165, 1.54) is 32.6 Å². The molecule has 33 heavy (non-hydrogen) atoms. The van der Waals surface area contributed by atoms with Crippen molar-refractivity contribution in [3.05, 3.63) is 35.9 Å². The molecule has 1 aromatic carbocycles. The van der Waals surface area contributed by atoms with E-state index in [0.29, 0.717) is 13.0 Å². The van der Waals surface area contributed by atoms with Crippen molar-refractivity contribution in [3.8, 4) is 0 Å². The van der Waals surface area contributed by atoms with Crippen LogP contribution < -0.4 is 5.32 Å². The number of nitrogens with one attached hydrogen (secondary N) is 1. The lowest BCUT2D eigenvalue weighted by Gasteiger charge is -2.27. The van der Waals surface area contributed by atoms with Crippen molar-refractivity contribution in [3.63, 3.8) is 0 Å². The maximum absolute atomic E-state index is 11.6. The molecule has 1 atom stereocenters. The number of esters is 1. The van der Waals surface area contributed by atoms with Gasteiger partial charge in [0, 0.05) is 13.3 Å². The minimum absolute atomic E-state index is 0.161. The number of carbonyl (C=O) groups excluding carboxylic acids is 2. The van der Waals surface area contributed by atoms with Crippen molar-refractivity contribution in [1.82, 2.24) is 5.32 Å². The number of aliphatic hydroxyl groups is 1. The van der Waals surface area contributed by atoms with Crippen molar-refractivity contribution in [1.29, 1.82) is 0 Å². The fourth-order valence-corrected chi connectivity index (χ4v) is 2.37. The zero-order chi connectivity index (χ0) is 25.9. The van der Waals surface area contributed by atoms with Gasteiger partial charge in [0.1, 0.15) is 5.60 Å². The number of amides is 1. The van der Waals surface area contributed by atoms with E-state index in [2.05, 4.69) is 18.6 Å². The Bertz CT molecular complexity index is 667. The standard InChI is InChI=1S/C15H21NO5.C6H14.C4H8O2/c1-14(2,3)21-13(19)16-15(20,12(17)18)10-9-11-7-5-4-6-8-11;1-3-5-6-4-2;1-3-6-4(2)5/h4-8,20H,9-10H2,1-3H3,(H,16,19)(H,17,18);3-6H2,1-2H3;3H2,1-2H3. The number of carboxylic acid groups (broad SMARTS) is 1. The van der Waals surface area contributed by atoms with E-state index < -0.39 is 23.4 Å². The Kier molecular flexibility index (Phi) is 17.7. The highest BCUT2D eigenvalue weighted by atomic mass is 16.6. The second-order valence-electron chi connectivity index (χ2n) is 8.41. The Morgan fingerprint density at radius 1 is 0.970 bits per heavy atom. The Morgan fingerprint density at radius 2 is 1.48 bits per heavy atom. The summed E-state index contributed by atoms with van der Waals surface area (Å²) >= 11 is 0. The highest BCUT2D eigenvalue weighted by Gasteiger charge is 2.38. The Balaban J connectivity index is 0. The topological polar surface area (TPSA) is 122 Å². The van der Waals surface area contributed by atoms with Crippen LogP contribution in [-0.4, -0.2) is 46.2 Å². The summed E-state index contributed by atoms with van der Waals surface area (Å²) in [5.74, 6) is -1.73. The van der Waals surface area contributed by atoms with Crippen LogP contribution in [0.1, 0.15) is 86.1 Å². The molecule has 0 fully saturated rings. The van der Waals surface area contributed by atoms with Crippen molar-refractivity contribution in [2.24, 2.45) is 0 Å². The molecule has 8 nitrogen and oxygen atoms in total. The van der Waals surface area contributed by atoms with Gasteiger partial charge in [0.2, 0.25) is 5.72 Å². The van der Waals surface area contributed by atoms with E-state index >= 15 is 0 Å². The molecule has 0 radical (unpaired) electrons. The van der Waals surface area contributed by atoms with Gasteiger partial charge >= 0.3 is 18.0 Å². The maximum Gasteiger partial charge on any atom is 0.410 e. The number of aliphatic carboxylic acids is 1. The minimum Gasteiger partial charge on any atom is -0.478 e.